The van der Waals surface area contributed by atoms with E-state index < -0.39 is 5.60 Å². The topological polar surface area (TPSA) is 73.4 Å². The van der Waals surface area contributed by atoms with Gasteiger partial charge in [0.15, 0.2) is 0 Å². The second-order valence-electron chi connectivity index (χ2n) is 4.56. The molecule has 1 aromatic rings. The van der Waals surface area contributed by atoms with E-state index in [4.69, 9.17) is 0 Å². The number of hydrogen-bond acceptors (Lipinski definition) is 3. The smallest absolute Gasteiger partial charge is 0.270 e. The molecular formula is C12H18N2O3. The minimum absolute atomic E-state index is 0.221. The number of aliphatic hydroxyl groups is 1. The number of hydrogen-bond donors (Lipinski definition) is 2. The highest BCUT2D eigenvalue weighted by Gasteiger charge is 2.22. The lowest BCUT2D eigenvalue weighted by Gasteiger charge is -2.27. The van der Waals surface area contributed by atoms with Crippen LogP contribution in [0, 0.1) is 0 Å². The predicted octanol–water partition coefficient (Wildman–Crippen LogP) is 0.608. The van der Waals surface area contributed by atoms with Gasteiger partial charge in [0.05, 0.1) is 5.60 Å². The van der Waals surface area contributed by atoms with Gasteiger partial charge in [0.25, 0.3) is 5.91 Å². The van der Waals surface area contributed by atoms with Crippen molar-refractivity contribution in [2.75, 3.05) is 13.1 Å². The number of likely N-dealkylation sites (N-methyl/N-ethyl adjacent to an activating group) is 1. The van der Waals surface area contributed by atoms with E-state index in [1.54, 1.807) is 19.9 Å². The van der Waals surface area contributed by atoms with Crippen LogP contribution in [0.2, 0.25) is 0 Å². The van der Waals surface area contributed by atoms with Gasteiger partial charge >= 0.3 is 0 Å². The van der Waals surface area contributed by atoms with Crippen molar-refractivity contribution in [2.24, 2.45) is 0 Å². The van der Waals surface area contributed by atoms with Crippen molar-refractivity contribution in [1.82, 2.24) is 9.88 Å². The zero-order valence-corrected chi connectivity index (χ0v) is 10.4. The van der Waals surface area contributed by atoms with Crippen LogP contribution >= 0.6 is 0 Å². The number of nitrogens with one attached hydrogen (secondary N) is 1. The Morgan fingerprint density at radius 3 is 2.59 bits per heavy atom. The van der Waals surface area contributed by atoms with Gasteiger partial charge in [0.1, 0.15) is 5.69 Å². The number of carbonyl (C=O) groups excluding carboxylic acids is 1. The highest BCUT2D eigenvalue weighted by Crippen LogP contribution is 2.07. The highest BCUT2D eigenvalue weighted by molar-refractivity contribution is 5.92. The number of amides is 1. The Kier molecular flexibility index (Phi) is 4.07. The van der Waals surface area contributed by atoms with Gasteiger partial charge in [0, 0.05) is 19.2 Å². The molecule has 0 saturated heterocycles. The van der Waals surface area contributed by atoms with E-state index in [1.807, 2.05) is 6.92 Å². The maximum atomic E-state index is 12.1. The second kappa shape index (κ2) is 5.14. The van der Waals surface area contributed by atoms with E-state index in [-0.39, 0.29) is 23.7 Å². The molecule has 0 aromatic carbocycles. The Hall–Kier alpha value is -1.62. The SMILES string of the molecule is CCN(CC(C)(C)O)C(=O)c1cccc(=O)[nH]1. The van der Waals surface area contributed by atoms with Crippen LogP contribution in [0.3, 0.4) is 0 Å². The average molecular weight is 238 g/mol. The molecule has 0 aliphatic rings. The van der Waals surface area contributed by atoms with Gasteiger partial charge in [-0.25, -0.2) is 0 Å². The summed E-state index contributed by atoms with van der Waals surface area (Å²) in [5.41, 5.74) is -1.03. The fourth-order valence-corrected chi connectivity index (χ4v) is 1.54. The third-order valence-corrected chi connectivity index (χ3v) is 2.25. The standard InChI is InChI=1S/C12H18N2O3/c1-4-14(8-12(2,3)17)11(16)9-6-5-7-10(15)13-9/h5-7,17H,4,8H2,1-3H3,(H,13,15). The normalized spacial score (nSPS) is 11.3. The van der Waals surface area contributed by atoms with Crippen LogP contribution in [0.15, 0.2) is 23.0 Å². The van der Waals surface area contributed by atoms with Crippen molar-refractivity contribution >= 4 is 5.91 Å². The number of pyridine rings is 1. The molecule has 17 heavy (non-hydrogen) atoms. The summed E-state index contributed by atoms with van der Waals surface area (Å²) in [5, 5.41) is 9.70. The third-order valence-electron chi connectivity index (χ3n) is 2.25. The van der Waals surface area contributed by atoms with Crippen molar-refractivity contribution in [3.63, 3.8) is 0 Å². The summed E-state index contributed by atoms with van der Waals surface area (Å²) in [6.45, 7) is 5.79. The molecule has 1 amide bonds. The molecular weight excluding hydrogens is 220 g/mol. The Balaban J connectivity index is 2.90. The van der Waals surface area contributed by atoms with Gasteiger partial charge in [-0.05, 0) is 26.8 Å². The first-order chi connectivity index (χ1) is 7.83. The molecule has 0 aliphatic heterocycles. The molecule has 0 radical (unpaired) electrons. The van der Waals surface area contributed by atoms with E-state index in [9.17, 15) is 14.7 Å². The first kappa shape index (κ1) is 13.4. The van der Waals surface area contributed by atoms with Gasteiger partial charge in [-0.3, -0.25) is 9.59 Å². The molecule has 0 bridgehead atoms. The van der Waals surface area contributed by atoms with Gasteiger partial charge < -0.3 is 15.0 Å². The van der Waals surface area contributed by atoms with E-state index in [0.717, 1.165) is 0 Å². The molecule has 0 spiro atoms. The van der Waals surface area contributed by atoms with Crippen LogP contribution in [0.25, 0.3) is 0 Å². The minimum Gasteiger partial charge on any atom is -0.389 e. The van der Waals surface area contributed by atoms with Crippen molar-refractivity contribution in [3.05, 3.63) is 34.2 Å². The summed E-state index contributed by atoms with van der Waals surface area (Å²) in [5.74, 6) is -0.285. The molecule has 5 heteroatoms. The number of rotatable bonds is 4. The van der Waals surface area contributed by atoms with E-state index >= 15 is 0 Å². The molecule has 2 N–H and O–H groups in total. The highest BCUT2D eigenvalue weighted by atomic mass is 16.3. The zero-order valence-electron chi connectivity index (χ0n) is 10.4. The monoisotopic (exact) mass is 238 g/mol. The Bertz CT molecular complexity index is 446. The quantitative estimate of drug-likeness (QED) is 0.807. The lowest BCUT2D eigenvalue weighted by Crippen LogP contribution is -2.42. The van der Waals surface area contributed by atoms with Crippen LogP contribution < -0.4 is 5.56 Å². The van der Waals surface area contributed by atoms with E-state index in [0.29, 0.717) is 6.54 Å². The fraction of sp³-hybridized carbons (Fsp3) is 0.500. The largest absolute Gasteiger partial charge is 0.389 e. The van der Waals surface area contributed by atoms with E-state index in [1.165, 1.54) is 17.0 Å². The summed E-state index contributed by atoms with van der Waals surface area (Å²) < 4.78 is 0. The first-order valence-electron chi connectivity index (χ1n) is 5.54. The van der Waals surface area contributed by atoms with Crippen LogP contribution in [0.4, 0.5) is 0 Å². The predicted molar refractivity (Wildman–Crippen MR) is 64.9 cm³/mol. The molecule has 5 nitrogen and oxygen atoms in total. The van der Waals surface area contributed by atoms with Crippen LogP contribution in [-0.2, 0) is 0 Å². The Morgan fingerprint density at radius 1 is 1.47 bits per heavy atom. The molecule has 0 atom stereocenters. The molecule has 0 saturated carbocycles. The second-order valence-corrected chi connectivity index (χ2v) is 4.56. The Labute approximate surface area is 100 Å². The Morgan fingerprint density at radius 2 is 2.12 bits per heavy atom. The van der Waals surface area contributed by atoms with Crippen molar-refractivity contribution < 1.29 is 9.90 Å². The molecule has 1 heterocycles. The maximum absolute atomic E-state index is 12.1. The number of H-pyrrole nitrogens is 1. The molecule has 0 aliphatic carbocycles. The molecule has 0 unspecified atom stereocenters. The van der Waals surface area contributed by atoms with Gasteiger partial charge in [-0.1, -0.05) is 6.07 Å². The van der Waals surface area contributed by atoms with Crippen LogP contribution in [0.1, 0.15) is 31.3 Å². The first-order valence-corrected chi connectivity index (χ1v) is 5.54. The molecule has 94 valence electrons. The summed E-state index contributed by atoms with van der Waals surface area (Å²) in [7, 11) is 0. The van der Waals surface area contributed by atoms with Crippen molar-refractivity contribution in [2.45, 2.75) is 26.4 Å². The van der Waals surface area contributed by atoms with Gasteiger partial charge in [-0.2, -0.15) is 0 Å². The molecule has 1 rings (SSSR count). The maximum Gasteiger partial charge on any atom is 0.270 e. The summed E-state index contributed by atoms with van der Waals surface area (Å²) in [4.78, 5) is 27.1. The van der Waals surface area contributed by atoms with Crippen LogP contribution in [0.5, 0.6) is 0 Å². The fourth-order valence-electron chi connectivity index (χ4n) is 1.54. The van der Waals surface area contributed by atoms with E-state index in [2.05, 4.69) is 4.98 Å². The lowest BCUT2D eigenvalue weighted by molar-refractivity contribution is 0.0311. The third kappa shape index (κ3) is 4.03. The number of nitrogens with zero attached hydrogens (tertiary/aromatic N) is 1. The summed E-state index contributed by atoms with van der Waals surface area (Å²) in [6, 6.07) is 4.43. The van der Waals surface area contributed by atoms with Gasteiger partial charge in [0.2, 0.25) is 5.56 Å². The zero-order chi connectivity index (χ0) is 13.1. The average Bonchev–Trinajstić information content (AvgIpc) is 2.23. The van der Waals surface area contributed by atoms with Gasteiger partial charge in [-0.15, -0.1) is 0 Å². The lowest BCUT2D eigenvalue weighted by atomic mass is 10.1. The molecule has 0 fully saturated rings. The number of aromatic nitrogens is 1. The molecule has 1 aromatic heterocycles. The minimum atomic E-state index is -0.958. The number of aromatic amines is 1. The van der Waals surface area contributed by atoms with Crippen molar-refractivity contribution in [1.29, 1.82) is 0 Å². The van der Waals surface area contributed by atoms with Crippen molar-refractivity contribution in [3.8, 4) is 0 Å². The number of carbonyl (C=O) groups is 1. The van der Waals surface area contributed by atoms with Crippen LogP contribution in [-0.4, -0.2) is 39.6 Å². The summed E-state index contributed by atoms with van der Waals surface area (Å²) in [6.07, 6.45) is 0. The summed E-state index contributed by atoms with van der Waals surface area (Å²) >= 11 is 0.